The van der Waals surface area contributed by atoms with Gasteiger partial charge in [-0.15, -0.1) is 11.8 Å². The van der Waals surface area contributed by atoms with Crippen LogP contribution in [0.4, 0.5) is 5.69 Å². The first-order valence-electron chi connectivity index (χ1n) is 6.00. The van der Waals surface area contributed by atoms with Crippen molar-refractivity contribution >= 4 is 29.1 Å². The highest BCUT2D eigenvalue weighted by Gasteiger charge is 2.00. The summed E-state index contributed by atoms with van der Waals surface area (Å²) in [5, 5.41) is 0.620. The Kier molecular flexibility index (Phi) is 5.00. The van der Waals surface area contributed by atoms with Crippen LogP contribution in [-0.4, -0.2) is 12.9 Å². The lowest BCUT2D eigenvalue weighted by Gasteiger charge is -2.05. The lowest BCUT2D eigenvalue weighted by Crippen LogP contribution is -1.90. The Balaban J connectivity index is 1.86. The second kappa shape index (κ2) is 6.73. The number of nitrogens with two attached hydrogens (primary N) is 1. The molecule has 0 bridgehead atoms. The van der Waals surface area contributed by atoms with E-state index in [9.17, 15) is 0 Å². The van der Waals surface area contributed by atoms with Gasteiger partial charge in [-0.2, -0.15) is 0 Å². The third-order valence-electron chi connectivity index (χ3n) is 2.79. The molecule has 0 aliphatic carbocycles. The van der Waals surface area contributed by atoms with Gasteiger partial charge in [0.25, 0.3) is 0 Å². The zero-order valence-corrected chi connectivity index (χ0v) is 12.3. The zero-order chi connectivity index (χ0) is 13.7. The van der Waals surface area contributed by atoms with Crippen molar-refractivity contribution in [3.63, 3.8) is 0 Å². The minimum absolute atomic E-state index is 0.620. The summed E-state index contributed by atoms with van der Waals surface area (Å²) >= 11 is 7.77. The van der Waals surface area contributed by atoms with Gasteiger partial charge in [0, 0.05) is 10.6 Å². The van der Waals surface area contributed by atoms with E-state index in [4.69, 9.17) is 22.1 Å². The standard InChI is InChI=1S/C15H16ClNOS/c1-18-12-4-2-11(3-5-12)8-9-19-13-6-7-15(17)14(16)10-13/h2-7,10H,8-9,17H2,1H3. The molecule has 0 radical (unpaired) electrons. The maximum atomic E-state index is 5.99. The Hall–Kier alpha value is -1.32. The summed E-state index contributed by atoms with van der Waals surface area (Å²) in [6.07, 6.45) is 1.01. The number of benzene rings is 2. The molecule has 0 saturated heterocycles. The van der Waals surface area contributed by atoms with E-state index in [-0.39, 0.29) is 0 Å². The quantitative estimate of drug-likeness (QED) is 0.660. The van der Waals surface area contributed by atoms with Gasteiger partial charge in [-0.1, -0.05) is 23.7 Å². The number of halogens is 1. The van der Waals surface area contributed by atoms with Crippen LogP contribution in [0.25, 0.3) is 0 Å². The summed E-state index contributed by atoms with van der Waals surface area (Å²) < 4.78 is 5.14. The molecule has 0 spiro atoms. The van der Waals surface area contributed by atoms with E-state index in [0.29, 0.717) is 10.7 Å². The molecule has 0 aliphatic heterocycles. The van der Waals surface area contributed by atoms with Crippen LogP contribution in [0.2, 0.25) is 5.02 Å². The van der Waals surface area contributed by atoms with Crippen LogP contribution in [0, 0.1) is 0 Å². The van der Waals surface area contributed by atoms with Gasteiger partial charge in [-0.25, -0.2) is 0 Å². The second-order valence-corrected chi connectivity index (χ2v) is 5.71. The first kappa shape index (κ1) is 14.1. The molecule has 0 unspecified atom stereocenters. The van der Waals surface area contributed by atoms with Gasteiger partial charge >= 0.3 is 0 Å². The van der Waals surface area contributed by atoms with E-state index in [1.165, 1.54) is 5.56 Å². The number of hydrogen-bond acceptors (Lipinski definition) is 3. The molecule has 2 N–H and O–H groups in total. The fourth-order valence-corrected chi connectivity index (χ4v) is 2.86. The molecule has 0 amide bonds. The van der Waals surface area contributed by atoms with Crippen molar-refractivity contribution in [2.75, 3.05) is 18.6 Å². The summed E-state index contributed by atoms with van der Waals surface area (Å²) in [7, 11) is 1.68. The van der Waals surface area contributed by atoms with Crippen LogP contribution >= 0.6 is 23.4 Å². The molecule has 0 aliphatic rings. The molecule has 0 fully saturated rings. The smallest absolute Gasteiger partial charge is 0.118 e. The van der Waals surface area contributed by atoms with Crippen molar-refractivity contribution in [2.45, 2.75) is 11.3 Å². The molecule has 100 valence electrons. The number of nitrogen functional groups attached to an aromatic ring is 1. The van der Waals surface area contributed by atoms with E-state index in [0.717, 1.165) is 22.8 Å². The molecule has 2 rings (SSSR count). The average Bonchev–Trinajstić information content (AvgIpc) is 2.43. The van der Waals surface area contributed by atoms with Crippen LogP contribution in [0.5, 0.6) is 5.75 Å². The summed E-state index contributed by atoms with van der Waals surface area (Å²) in [4.78, 5) is 1.15. The van der Waals surface area contributed by atoms with Crippen molar-refractivity contribution in [2.24, 2.45) is 0 Å². The van der Waals surface area contributed by atoms with Crippen LogP contribution in [0.3, 0.4) is 0 Å². The lowest BCUT2D eigenvalue weighted by atomic mass is 10.2. The first-order chi connectivity index (χ1) is 9.19. The molecule has 0 saturated carbocycles. The predicted octanol–water partition coefficient (Wildman–Crippen LogP) is 4.27. The highest BCUT2D eigenvalue weighted by atomic mass is 35.5. The second-order valence-electron chi connectivity index (χ2n) is 4.13. The van der Waals surface area contributed by atoms with E-state index < -0.39 is 0 Å². The largest absolute Gasteiger partial charge is 0.497 e. The number of methoxy groups -OCH3 is 1. The molecular weight excluding hydrogens is 278 g/mol. The zero-order valence-electron chi connectivity index (χ0n) is 10.7. The van der Waals surface area contributed by atoms with Gasteiger partial charge in [0.1, 0.15) is 5.75 Å². The van der Waals surface area contributed by atoms with Crippen molar-refractivity contribution in [1.29, 1.82) is 0 Å². The predicted molar refractivity (Wildman–Crippen MR) is 83.3 cm³/mol. The SMILES string of the molecule is COc1ccc(CCSc2ccc(N)c(Cl)c2)cc1. The van der Waals surface area contributed by atoms with E-state index in [1.807, 2.05) is 30.3 Å². The number of anilines is 1. The molecule has 0 aromatic heterocycles. The van der Waals surface area contributed by atoms with Crippen LogP contribution < -0.4 is 10.5 Å². The van der Waals surface area contributed by atoms with Crippen molar-refractivity contribution < 1.29 is 4.74 Å². The maximum Gasteiger partial charge on any atom is 0.118 e. The fourth-order valence-electron chi connectivity index (χ4n) is 1.68. The summed E-state index contributed by atoms with van der Waals surface area (Å²) in [6.45, 7) is 0. The Morgan fingerprint density at radius 1 is 1.16 bits per heavy atom. The van der Waals surface area contributed by atoms with Gasteiger partial charge in [-0.05, 0) is 42.3 Å². The third-order valence-corrected chi connectivity index (χ3v) is 4.11. The molecule has 2 aromatic carbocycles. The highest BCUT2D eigenvalue weighted by Crippen LogP contribution is 2.26. The number of aryl methyl sites for hydroxylation is 1. The van der Waals surface area contributed by atoms with Gasteiger partial charge < -0.3 is 10.5 Å². The molecule has 0 atom stereocenters. The number of rotatable bonds is 5. The lowest BCUT2D eigenvalue weighted by molar-refractivity contribution is 0.414. The van der Waals surface area contributed by atoms with Gasteiger partial charge in [0.2, 0.25) is 0 Å². The van der Waals surface area contributed by atoms with E-state index >= 15 is 0 Å². The first-order valence-corrected chi connectivity index (χ1v) is 7.36. The number of ether oxygens (including phenoxy) is 1. The summed E-state index contributed by atoms with van der Waals surface area (Å²) in [5.74, 6) is 1.90. The van der Waals surface area contributed by atoms with Gasteiger partial charge in [-0.3, -0.25) is 0 Å². The molecule has 2 aromatic rings. The normalized spacial score (nSPS) is 10.4. The van der Waals surface area contributed by atoms with E-state index in [2.05, 4.69) is 12.1 Å². The fraction of sp³-hybridized carbons (Fsp3) is 0.200. The van der Waals surface area contributed by atoms with Gasteiger partial charge in [0.05, 0.1) is 17.8 Å². The molecule has 19 heavy (non-hydrogen) atoms. The summed E-state index contributed by atoms with van der Waals surface area (Å²) in [6, 6.07) is 13.9. The van der Waals surface area contributed by atoms with Crippen LogP contribution in [0.15, 0.2) is 47.4 Å². The van der Waals surface area contributed by atoms with Crippen LogP contribution in [0.1, 0.15) is 5.56 Å². The average molecular weight is 294 g/mol. The Labute approximate surface area is 122 Å². The molecule has 4 heteroatoms. The monoisotopic (exact) mass is 293 g/mol. The Bertz CT molecular complexity index is 542. The minimum atomic E-state index is 0.620. The van der Waals surface area contributed by atoms with Crippen molar-refractivity contribution in [3.05, 3.63) is 53.1 Å². The summed E-state index contributed by atoms with van der Waals surface area (Å²) in [5.41, 5.74) is 7.61. The molecular formula is C15H16ClNOS. The Morgan fingerprint density at radius 2 is 1.89 bits per heavy atom. The molecule has 0 heterocycles. The minimum Gasteiger partial charge on any atom is -0.497 e. The number of thioether (sulfide) groups is 1. The topological polar surface area (TPSA) is 35.2 Å². The maximum absolute atomic E-state index is 5.99. The van der Waals surface area contributed by atoms with Crippen molar-refractivity contribution in [1.82, 2.24) is 0 Å². The third kappa shape index (κ3) is 4.08. The van der Waals surface area contributed by atoms with Crippen molar-refractivity contribution in [3.8, 4) is 5.75 Å². The highest BCUT2D eigenvalue weighted by molar-refractivity contribution is 7.99. The number of hydrogen-bond donors (Lipinski definition) is 1. The molecule has 2 nitrogen and oxygen atoms in total. The van der Waals surface area contributed by atoms with Gasteiger partial charge in [0.15, 0.2) is 0 Å². The van der Waals surface area contributed by atoms with Crippen LogP contribution in [-0.2, 0) is 6.42 Å². The Morgan fingerprint density at radius 3 is 2.53 bits per heavy atom. The van der Waals surface area contributed by atoms with E-state index in [1.54, 1.807) is 18.9 Å².